The van der Waals surface area contributed by atoms with Gasteiger partial charge in [0.15, 0.2) is 0 Å². The molecule has 0 spiro atoms. The molecule has 0 radical (unpaired) electrons. The number of nitriles is 1. The maximum Gasteiger partial charge on any atom is 0.233 e. The largest absolute Gasteiger partial charge is 0.278 e. The lowest BCUT2D eigenvalue weighted by atomic mass is 9.85. The van der Waals surface area contributed by atoms with Crippen molar-refractivity contribution in [2.24, 2.45) is 17.8 Å². The minimum Gasteiger partial charge on any atom is -0.278 e. The van der Waals surface area contributed by atoms with Crippen molar-refractivity contribution < 1.29 is 9.59 Å². The Labute approximate surface area is 106 Å². The van der Waals surface area contributed by atoms with Gasteiger partial charge in [-0.1, -0.05) is 12.2 Å². The molecule has 4 nitrogen and oxygen atoms in total. The van der Waals surface area contributed by atoms with Crippen LogP contribution in [0.5, 0.6) is 0 Å². The normalized spacial score (nSPS) is 38.9. The molecule has 94 valence electrons. The number of hydrogen-bond donors (Lipinski definition) is 0. The maximum atomic E-state index is 12.4. The van der Waals surface area contributed by atoms with E-state index in [9.17, 15) is 9.59 Å². The monoisotopic (exact) mass is 244 g/mol. The average molecular weight is 244 g/mol. The fraction of sp³-hybridized carbons (Fsp3) is 0.643. The zero-order chi connectivity index (χ0) is 12.7. The summed E-state index contributed by atoms with van der Waals surface area (Å²) in [6.45, 7) is 0. The van der Waals surface area contributed by atoms with Crippen molar-refractivity contribution >= 4 is 11.8 Å². The van der Waals surface area contributed by atoms with Crippen molar-refractivity contribution in [1.29, 1.82) is 5.26 Å². The zero-order valence-electron chi connectivity index (χ0n) is 10.2. The summed E-state index contributed by atoms with van der Waals surface area (Å²) in [7, 11) is 0. The van der Waals surface area contributed by atoms with Gasteiger partial charge in [0.05, 0.1) is 29.9 Å². The van der Waals surface area contributed by atoms with Crippen molar-refractivity contribution in [2.45, 2.75) is 38.1 Å². The van der Waals surface area contributed by atoms with Gasteiger partial charge < -0.3 is 0 Å². The number of allylic oxidation sites excluding steroid dienone is 2. The Kier molecular flexibility index (Phi) is 2.70. The standard InChI is InChI=1S/C14H16N2O2/c15-8-9-4-3-7-12(9)16-13(17)10-5-1-2-6-11(10)14(16)18/h1-2,9-12H,3-7H2/t9?,10-,11+,12?. The predicted molar refractivity (Wildman–Crippen MR) is 63.9 cm³/mol. The van der Waals surface area contributed by atoms with Gasteiger partial charge in [-0.3, -0.25) is 14.5 Å². The van der Waals surface area contributed by atoms with E-state index in [1.807, 2.05) is 12.2 Å². The highest BCUT2D eigenvalue weighted by atomic mass is 16.2. The van der Waals surface area contributed by atoms with Gasteiger partial charge in [0.25, 0.3) is 0 Å². The summed E-state index contributed by atoms with van der Waals surface area (Å²) in [6.07, 6.45) is 7.88. The minimum absolute atomic E-state index is 0.0403. The molecule has 0 aromatic carbocycles. The van der Waals surface area contributed by atoms with Gasteiger partial charge in [0.2, 0.25) is 11.8 Å². The van der Waals surface area contributed by atoms with Gasteiger partial charge in [-0.25, -0.2) is 0 Å². The van der Waals surface area contributed by atoms with E-state index in [2.05, 4.69) is 6.07 Å². The van der Waals surface area contributed by atoms with E-state index in [1.165, 1.54) is 4.90 Å². The van der Waals surface area contributed by atoms with E-state index in [1.54, 1.807) is 0 Å². The lowest BCUT2D eigenvalue weighted by molar-refractivity contribution is -0.143. The Morgan fingerprint density at radius 2 is 1.72 bits per heavy atom. The van der Waals surface area contributed by atoms with Gasteiger partial charge in [-0.2, -0.15) is 5.26 Å². The number of fused-ring (bicyclic) bond motifs is 1. The molecule has 3 rings (SSSR count). The van der Waals surface area contributed by atoms with Crippen LogP contribution in [0, 0.1) is 29.1 Å². The van der Waals surface area contributed by atoms with E-state index >= 15 is 0 Å². The van der Waals surface area contributed by atoms with Crippen LogP contribution < -0.4 is 0 Å². The van der Waals surface area contributed by atoms with E-state index < -0.39 is 0 Å². The van der Waals surface area contributed by atoms with Crippen molar-refractivity contribution in [1.82, 2.24) is 4.90 Å². The molecule has 2 amide bonds. The summed E-state index contributed by atoms with van der Waals surface area (Å²) >= 11 is 0. The maximum absolute atomic E-state index is 12.4. The molecule has 0 aromatic rings. The van der Waals surface area contributed by atoms with Crippen LogP contribution >= 0.6 is 0 Å². The Morgan fingerprint density at radius 1 is 1.11 bits per heavy atom. The molecular weight excluding hydrogens is 228 g/mol. The molecule has 4 atom stereocenters. The van der Waals surface area contributed by atoms with Crippen LogP contribution in [0.1, 0.15) is 32.1 Å². The third kappa shape index (κ3) is 1.50. The zero-order valence-corrected chi connectivity index (χ0v) is 10.2. The summed E-state index contributed by atoms with van der Waals surface area (Å²) in [4.78, 5) is 26.2. The summed E-state index contributed by atoms with van der Waals surface area (Å²) < 4.78 is 0. The molecule has 2 aliphatic carbocycles. The second kappa shape index (κ2) is 4.24. The molecule has 0 N–H and O–H groups in total. The first-order valence-electron chi connectivity index (χ1n) is 6.65. The highest BCUT2D eigenvalue weighted by Crippen LogP contribution is 2.40. The number of carbonyl (C=O) groups excluding carboxylic acids is 2. The van der Waals surface area contributed by atoms with Crippen LogP contribution in [0.25, 0.3) is 0 Å². The highest BCUT2D eigenvalue weighted by molar-refractivity contribution is 6.05. The number of hydrogen-bond acceptors (Lipinski definition) is 3. The predicted octanol–water partition coefficient (Wildman–Crippen LogP) is 1.63. The van der Waals surface area contributed by atoms with E-state index in [0.717, 1.165) is 19.3 Å². The van der Waals surface area contributed by atoms with Crippen LogP contribution in [-0.4, -0.2) is 22.8 Å². The summed E-state index contributed by atoms with van der Waals surface area (Å²) in [5.41, 5.74) is 0. The van der Waals surface area contributed by atoms with E-state index in [-0.39, 0.29) is 35.6 Å². The first kappa shape index (κ1) is 11.5. The Bertz CT molecular complexity index is 437. The van der Waals surface area contributed by atoms with Crippen LogP contribution in [0.15, 0.2) is 12.2 Å². The molecule has 2 fully saturated rings. The van der Waals surface area contributed by atoms with E-state index in [4.69, 9.17) is 5.26 Å². The van der Waals surface area contributed by atoms with Gasteiger partial charge in [0.1, 0.15) is 0 Å². The fourth-order valence-corrected chi connectivity index (χ4v) is 3.55. The van der Waals surface area contributed by atoms with Crippen LogP contribution in [-0.2, 0) is 9.59 Å². The molecule has 1 aliphatic heterocycles. The third-order valence-corrected chi connectivity index (χ3v) is 4.52. The summed E-state index contributed by atoms with van der Waals surface area (Å²) in [5.74, 6) is -0.570. The number of amides is 2. The van der Waals surface area contributed by atoms with Crippen LogP contribution in [0.4, 0.5) is 0 Å². The number of carbonyl (C=O) groups is 2. The highest BCUT2D eigenvalue weighted by Gasteiger charge is 2.51. The Hall–Kier alpha value is -1.63. The van der Waals surface area contributed by atoms with Crippen molar-refractivity contribution in [3.63, 3.8) is 0 Å². The molecular formula is C14H16N2O2. The van der Waals surface area contributed by atoms with Crippen molar-refractivity contribution in [3.05, 3.63) is 12.2 Å². The molecule has 1 saturated heterocycles. The van der Waals surface area contributed by atoms with Gasteiger partial charge in [0, 0.05) is 0 Å². The summed E-state index contributed by atoms with van der Waals surface area (Å²) in [5, 5.41) is 9.12. The SMILES string of the molecule is N#CC1CCCC1N1C(=O)[C@H]2CC=CC[C@H]2C1=O. The molecule has 1 heterocycles. The van der Waals surface area contributed by atoms with Crippen molar-refractivity contribution in [3.8, 4) is 6.07 Å². The molecule has 2 unspecified atom stereocenters. The minimum atomic E-state index is -0.166. The van der Waals surface area contributed by atoms with Gasteiger partial charge >= 0.3 is 0 Å². The Morgan fingerprint density at radius 3 is 2.28 bits per heavy atom. The van der Waals surface area contributed by atoms with Crippen LogP contribution in [0.3, 0.4) is 0 Å². The number of nitrogens with zero attached hydrogens (tertiary/aromatic N) is 2. The molecule has 0 bridgehead atoms. The number of imide groups is 1. The fourth-order valence-electron chi connectivity index (χ4n) is 3.55. The first-order chi connectivity index (χ1) is 8.74. The van der Waals surface area contributed by atoms with Crippen molar-refractivity contribution in [2.75, 3.05) is 0 Å². The molecule has 18 heavy (non-hydrogen) atoms. The van der Waals surface area contributed by atoms with Crippen LogP contribution in [0.2, 0.25) is 0 Å². The summed E-state index contributed by atoms with van der Waals surface area (Å²) in [6, 6.07) is 2.09. The smallest absolute Gasteiger partial charge is 0.233 e. The lowest BCUT2D eigenvalue weighted by Crippen LogP contribution is -2.42. The average Bonchev–Trinajstić information content (AvgIpc) is 2.95. The second-order valence-corrected chi connectivity index (χ2v) is 5.44. The third-order valence-electron chi connectivity index (χ3n) is 4.52. The lowest BCUT2D eigenvalue weighted by Gasteiger charge is -2.24. The van der Waals surface area contributed by atoms with Gasteiger partial charge in [-0.05, 0) is 32.1 Å². The topological polar surface area (TPSA) is 61.2 Å². The van der Waals surface area contributed by atoms with E-state index in [0.29, 0.717) is 12.8 Å². The Balaban J connectivity index is 1.88. The number of rotatable bonds is 1. The molecule has 0 aromatic heterocycles. The molecule has 4 heteroatoms. The number of likely N-dealkylation sites (tertiary alicyclic amines) is 1. The first-order valence-corrected chi connectivity index (χ1v) is 6.65. The second-order valence-electron chi connectivity index (χ2n) is 5.44. The molecule has 1 saturated carbocycles. The molecule has 3 aliphatic rings. The van der Waals surface area contributed by atoms with Gasteiger partial charge in [-0.15, -0.1) is 0 Å². The quantitative estimate of drug-likeness (QED) is 0.520.